The summed E-state index contributed by atoms with van der Waals surface area (Å²) in [4.78, 5) is 26.0. The van der Waals surface area contributed by atoms with E-state index < -0.39 is 0 Å². The van der Waals surface area contributed by atoms with E-state index in [0.29, 0.717) is 17.2 Å². The fourth-order valence-electron chi connectivity index (χ4n) is 1.40. The molecule has 92 valence electrons. The fourth-order valence-corrected chi connectivity index (χ4v) is 2.07. The highest BCUT2D eigenvalue weighted by Gasteiger charge is 2.07. The molecule has 1 aromatic heterocycles. The largest absolute Gasteiger partial charge is 0.326 e. The topological polar surface area (TPSA) is 71.1 Å². The van der Waals surface area contributed by atoms with E-state index in [4.69, 9.17) is 0 Å². The number of aromatic nitrogens is 1. The van der Waals surface area contributed by atoms with Crippen LogP contribution in [0.25, 0.3) is 0 Å². The summed E-state index contributed by atoms with van der Waals surface area (Å²) >= 11 is 1.29. The fraction of sp³-hybridized carbons (Fsp3) is 0.0833. The number of thiazole rings is 1. The van der Waals surface area contributed by atoms with Crippen LogP contribution in [0.15, 0.2) is 35.7 Å². The maximum absolute atomic E-state index is 11.7. The zero-order chi connectivity index (χ0) is 12.8. The maximum atomic E-state index is 11.7. The molecule has 1 heterocycles. The number of rotatable bonds is 5. The average Bonchev–Trinajstić information content (AvgIpc) is 2.78. The molecule has 0 bridgehead atoms. The van der Waals surface area contributed by atoms with Gasteiger partial charge in [-0.3, -0.25) is 9.59 Å². The lowest BCUT2D eigenvalue weighted by molar-refractivity contribution is -0.115. The lowest BCUT2D eigenvalue weighted by atomic mass is 10.3. The number of carbonyl (C=O) groups excluding carboxylic acids is 2. The second kappa shape index (κ2) is 5.92. The monoisotopic (exact) mass is 261 g/mol. The zero-order valence-corrected chi connectivity index (χ0v) is 10.2. The van der Waals surface area contributed by atoms with Crippen LogP contribution in [0.3, 0.4) is 0 Å². The molecular weight excluding hydrogens is 250 g/mol. The maximum Gasteiger partial charge on any atom is 0.230 e. The molecule has 0 saturated heterocycles. The van der Waals surface area contributed by atoms with E-state index >= 15 is 0 Å². The van der Waals surface area contributed by atoms with Crippen molar-refractivity contribution >= 4 is 34.5 Å². The van der Waals surface area contributed by atoms with Crippen LogP contribution in [-0.4, -0.2) is 17.3 Å². The summed E-state index contributed by atoms with van der Waals surface area (Å²) in [6.45, 7) is 0. The molecule has 0 aliphatic rings. The summed E-state index contributed by atoms with van der Waals surface area (Å²) in [7, 11) is 0. The number of benzene rings is 1. The van der Waals surface area contributed by atoms with Crippen molar-refractivity contribution in [3.05, 3.63) is 41.4 Å². The first-order chi connectivity index (χ1) is 8.78. The Labute approximate surface area is 108 Å². The van der Waals surface area contributed by atoms with E-state index in [-0.39, 0.29) is 12.3 Å². The Morgan fingerprint density at radius 1 is 1.33 bits per heavy atom. The third kappa shape index (κ3) is 3.39. The Morgan fingerprint density at radius 3 is 2.83 bits per heavy atom. The molecule has 2 amide bonds. The van der Waals surface area contributed by atoms with Crippen molar-refractivity contribution < 1.29 is 9.59 Å². The third-order valence-electron chi connectivity index (χ3n) is 2.13. The summed E-state index contributed by atoms with van der Waals surface area (Å²) in [6, 6.07) is 9.22. The molecule has 0 saturated carbocycles. The summed E-state index contributed by atoms with van der Waals surface area (Å²) in [6.07, 6.45) is 0.749. The molecule has 2 rings (SSSR count). The molecule has 0 radical (unpaired) electrons. The Bertz CT molecular complexity index is 539. The van der Waals surface area contributed by atoms with Crippen LogP contribution in [0.4, 0.5) is 10.8 Å². The molecular formula is C12H11N3O2S. The normalized spacial score (nSPS) is 9.78. The number of hydrogen-bond donors (Lipinski definition) is 2. The van der Waals surface area contributed by atoms with E-state index in [1.807, 2.05) is 30.3 Å². The van der Waals surface area contributed by atoms with E-state index in [0.717, 1.165) is 5.69 Å². The third-order valence-corrected chi connectivity index (χ3v) is 2.96. The molecule has 0 aliphatic carbocycles. The van der Waals surface area contributed by atoms with Crippen molar-refractivity contribution in [3.8, 4) is 0 Å². The second-order valence-electron chi connectivity index (χ2n) is 3.50. The van der Waals surface area contributed by atoms with E-state index in [2.05, 4.69) is 15.6 Å². The van der Waals surface area contributed by atoms with Crippen LogP contribution in [0.5, 0.6) is 0 Å². The molecule has 0 aliphatic heterocycles. The van der Waals surface area contributed by atoms with Gasteiger partial charge in [0.05, 0.1) is 12.1 Å². The lowest BCUT2D eigenvalue weighted by Crippen LogP contribution is -2.14. The molecule has 0 atom stereocenters. The van der Waals surface area contributed by atoms with Crippen LogP contribution in [0.1, 0.15) is 5.69 Å². The molecule has 0 spiro atoms. The number of anilines is 2. The van der Waals surface area contributed by atoms with Gasteiger partial charge in [0.1, 0.15) is 0 Å². The Balaban J connectivity index is 1.92. The summed E-state index contributed by atoms with van der Waals surface area (Å²) in [5.74, 6) is -0.135. The number of nitrogens with one attached hydrogen (secondary N) is 2. The molecule has 1 aromatic carbocycles. The van der Waals surface area contributed by atoms with E-state index in [1.54, 1.807) is 5.38 Å². The standard InChI is InChI=1S/C12H11N3O2S/c16-8-13-12-15-10(7-18-12)6-11(17)14-9-4-2-1-3-5-9/h1-5,7-8H,6H2,(H,14,17)(H,13,15,16). The number of nitrogens with zero attached hydrogens (tertiary/aromatic N) is 1. The molecule has 0 fully saturated rings. The van der Waals surface area contributed by atoms with Gasteiger partial charge in [-0.2, -0.15) is 0 Å². The van der Waals surface area contributed by atoms with Crippen LogP contribution in [0, 0.1) is 0 Å². The highest BCUT2D eigenvalue weighted by molar-refractivity contribution is 7.13. The van der Waals surface area contributed by atoms with Gasteiger partial charge in [0.25, 0.3) is 0 Å². The van der Waals surface area contributed by atoms with Crippen LogP contribution in [0.2, 0.25) is 0 Å². The van der Waals surface area contributed by atoms with Gasteiger partial charge < -0.3 is 10.6 Å². The van der Waals surface area contributed by atoms with Crippen LogP contribution in [-0.2, 0) is 16.0 Å². The Morgan fingerprint density at radius 2 is 2.11 bits per heavy atom. The van der Waals surface area contributed by atoms with Gasteiger partial charge in [-0.15, -0.1) is 11.3 Å². The minimum atomic E-state index is -0.135. The number of carbonyl (C=O) groups is 2. The highest BCUT2D eigenvalue weighted by Crippen LogP contribution is 2.15. The summed E-state index contributed by atoms with van der Waals surface area (Å²) in [5, 5.41) is 7.45. The van der Waals surface area contributed by atoms with Gasteiger partial charge in [-0.1, -0.05) is 18.2 Å². The zero-order valence-electron chi connectivity index (χ0n) is 9.42. The SMILES string of the molecule is O=CNc1nc(CC(=O)Nc2ccccc2)cs1. The van der Waals surface area contributed by atoms with Gasteiger partial charge in [-0.05, 0) is 12.1 Å². The molecule has 0 unspecified atom stereocenters. The summed E-state index contributed by atoms with van der Waals surface area (Å²) < 4.78 is 0. The predicted molar refractivity (Wildman–Crippen MR) is 70.6 cm³/mol. The van der Waals surface area contributed by atoms with Crippen molar-refractivity contribution in [2.45, 2.75) is 6.42 Å². The quantitative estimate of drug-likeness (QED) is 0.807. The molecule has 6 heteroatoms. The second-order valence-corrected chi connectivity index (χ2v) is 4.36. The van der Waals surface area contributed by atoms with E-state index in [9.17, 15) is 9.59 Å². The van der Waals surface area contributed by atoms with Crippen molar-refractivity contribution in [2.24, 2.45) is 0 Å². The molecule has 5 nitrogen and oxygen atoms in total. The number of para-hydroxylation sites is 1. The first kappa shape index (κ1) is 12.3. The Hall–Kier alpha value is -2.21. The number of hydrogen-bond acceptors (Lipinski definition) is 4. The first-order valence-corrected chi connectivity index (χ1v) is 6.15. The average molecular weight is 261 g/mol. The van der Waals surface area contributed by atoms with Crippen LogP contribution < -0.4 is 10.6 Å². The van der Waals surface area contributed by atoms with Gasteiger partial charge in [0.2, 0.25) is 12.3 Å². The number of amides is 2. The van der Waals surface area contributed by atoms with Gasteiger partial charge in [0.15, 0.2) is 5.13 Å². The molecule has 2 aromatic rings. The van der Waals surface area contributed by atoms with Gasteiger partial charge >= 0.3 is 0 Å². The minimum absolute atomic E-state index is 0.135. The van der Waals surface area contributed by atoms with Gasteiger partial charge in [0, 0.05) is 11.1 Å². The van der Waals surface area contributed by atoms with Crippen molar-refractivity contribution in [2.75, 3.05) is 10.6 Å². The smallest absolute Gasteiger partial charge is 0.230 e. The molecule has 2 N–H and O–H groups in total. The van der Waals surface area contributed by atoms with Crippen molar-refractivity contribution in [1.29, 1.82) is 0 Å². The minimum Gasteiger partial charge on any atom is -0.326 e. The van der Waals surface area contributed by atoms with Gasteiger partial charge in [-0.25, -0.2) is 4.98 Å². The lowest BCUT2D eigenvalue weighted by Gasteiger charge is -2.02. The van der Waals surface area contributed by atoms with Crippen molar-refractivity contribution in [1.82, 2.24) is 4.98 Å². The first-order valence-electron chi connectivity index (χ1n) is 5.27. The van der Waals surface area contributed by atoms with Crippen LogP contribution >= 0.6 is 11.3 Å². The Kier molecular flexibility index (Phi) is 4.03. The highest BCUT2D eigenvalue weighted by atomic mass is 32.1. The molecule has 18 heavy (non-hydrogen) atoms. The van der Waals surface area contributed by atoms with E-state index in [1.165, 1.54) is 11.3 Å². The van der Waals surface area contributed by atoms with Crippen molar-refractivity contribution in [3.63, 3.8) is 0 Å². The predicted octanol–water partition coefficient (Wildman–Crippen LogP) is 1.89. The summed E-state index contributed by atoms with van der Waals surface area (Å²) in [5.41, 5.74) is 1.39.